The fraction of sp³-hybridized carbons (Fsp3) is 0.429. The maximum atomic E-state index is 5.51. The number of guanidine groups is 1. The lowest BCUT2D eigenvalue weighted by molar-refractivity contribution is 0.397. The van der Waals surface area contributed by atoms with E-state index in [1.807, 2.05) is 30.3 Å². The Morgan fingerprint density at radius 2 is 2.11 bits per heavy atom. The van der Waals surface area contributed by atoms with Crippen LogP contribution in [0.3, 0.4) is 0 Å². The number of aliphatic imine (C=N–C) groups is 1. The van der Waals surface area contributed by atoms with E-state index in [9.17, 15) is 0 Å². The average Bonchev–Trinajstić information content (AvgIpc) is 3.20. The molecule has 0 aliphatic carbocycles. The van der Waals surface area contributed by atoms with Crippen LogP contribution in [0.1, 0.15) is 18.9 Å². The lowest BCUT2D eigenvalue weighted by Crippen LogP contribution is -2.44. The van der Waals surface area contributed by atoms with Crippen molar-refractivity contribution in [2.24, 2.45) is 4.99 Å². The molecule has 3 rings (SSSR count). The van der Waals surface area contributed by atoms with Crippen molar-refractivity contribution in [3.05, 3.63) is 48.2 Å². The normalized spacial score (nSPS) is 16.8. The molecule has 28 heavy (non-hydrogen) atoms. The number of para-hydroxylation sites is 2. The van der Waals surface area contributed by atoms with Crippen LogP contribution in [0.5, 0.6) is 11.6 Å². The molecule has 7 nitrogen and oxygen atoms in total. The van der Waals surface area contributed by atoms with Gasteiger partial charge in [0.25, 0.3) is 0 Å². The minimum atomic E-state index is 0.328. The Morgan fingerprint density at radius 1 is 1.25 bits per heavy atom. The van der Waals surface area contributed by atoms with Crippen LogP contribution in [-0.4, -0.2) is 50.8 Å². The predicted molar refractivity (Wildman–Crippen MR) is 112 cm³/mol. The maximum Gasteiger partial charge on any atom is 0.213 e. The molecule has 1 aromatic carbocycles. The minimum absolute atomic E-state index is 0.328. The molecule has 2 N–H and O–H groups in total. The minimum Gasteiger partial charge on any atom is -0.495 e. The van der Waals surface area contributed by atoms with Gasteiger partial charge in [-0.3, -0.25) is 0 Å². The topological polar surface area (TPSA) is 71.0 Å². The van der Waals surface area contributed by atoms with E-state index in [1.54, 1.807) is 20.4 Å². The third-order valence-electron chi connectivity index (χ3n) is 4.73. The van der Waals surface area contributed by atoms with E-state index in [0.29, 0.717) is 18.5 Å². The summed E-state index contributed by atoms with van der Waals surface area (Å²) in [4.78, 5) is 11.2. The predicted octanol–water partition coefficient (Wildman–Crippen LogP) is 2.43. The van der Waals surface area contributed by atoms with Gasteiger partial charge in [-0.2, -0.15) is 0 Å². The third kappa shape index (κ3) is 5.06. The van der Waals surface area contributed by atoms with E-state index in [4.69, 9.17) is 14.5 Å². The molecular weight excluding hydrogens is 354 g/mol. The highest BCUT2D eigenvalue weighted by Gasteiger charge is 2.25. The van der Waals surface area contributed by atoms with Gasteiger partial charge < -0.3 is 25.0 Å². The maximum absolute atomic E-state index is 5.51. The summed E-state index contributed by atoms with van der Waals surface area (Å²) in [6, 6.07) is 12.4. The van der Waals surface area contributed by atoms with Crippen LogP contribution in [0, 0.1) is 0 Å². The molecule has 0 spiro atoms. The molecule has 0 saturated carbocycles. The summed E-state index contributed by atoms with van der Waals surface area (Å²) in [6.07, 6.45) is 2.79. The Bertz CT molecular complexity index is 796. The molecule has 0 radical (unpaired) electrons. The number of pyridine rings is 1. The Kier molecular flexibility index (Phi) is 6.94. The van der Waals surface area contributed by atoms with Crippen LogP contribution in [0.15, 0.2) is 47.6 Å². The van der Waals surface area contributed by atoms with Crippen molar-refractivity contribution in [1.29, 1.82) is 0 Å². The second-order valence-corrected chi connectivity index (χ2v) is 6.65. The summed E-state index contributed by atoms with van der Waals surface area (Å²) in [5.41, 5.74) is 2.20. The van der Waals surface area contributed by atoms with Crippen molar-refractivity contribution >= 4 is 11.6 Å². The molecule has 1 unspecified atom stereocenters. The van der Waals surface area contributed by atoms with Crippen LogP contribution in [-0.2, 0) is 6.54 Å². The second-order valence-electron chi connectivity index (χ2n) is 6.65. The largest absolute Gasteiger partial charge is 0.495 e. The number of benzene rings is 1. The van der Waals surface area contributed by atoms with Crippen molar-refractivity contribution in [2.75, 3.05) is 38.8 Å². The Balaban J connectivity index is 1.62. The summed E-state index contributed by atoms with van der Waals surface area (Å²) < 4.78 is 10.7. The van der Waals surface area contributed by atoms with Crippen LogP contribution in [0.4, 0.5) is 5.69 Å². The van der Waals surface area contributed by atoms with Gasteiger partial charge >= 0.3 is 0 Å². The number of nitrogens with zero attached hydrogens (tertiary/aromatic N) is 3. The summed E-state index contributed by atoms with van der Waals surface area (Å²) in [5, 5.41) is 6.90. The Labute approximate surface area is 166 Å². The number of hydrogen-bond donors (Lipinski definition) is 2. The standard InChI is InChI=1S/C21H29N5O2/c1-4-22-21(24-14-16-9-11-23-20(13-16)28-3)25-17-10-12-26(15-17)18-7-5-6-8-19(18)27-2/h5-9,11,13,17H,4,10,12,14-15H2,1-3H3,(H2,22,24,25). The summed E-state index contributed by atoms with van der Waals surface area (Å²) in [5.74, 6) is 2.34. The number of rotatable bonds is 7. The molecule has 0 bridgehead atoms. The first kappa shape index (κ1) is 19.8. The Morgan fingerprint density at radius 3 is 2.89 bits per heavy atom. The van der Waals surface area contributed by atoms with Gasteiger partial charge in [0.05, 0.1) is 26.5 Å². The molecule has 1 aliphatic rings. The number of hydrogen-bond acceptors (Lipinski definition) is 5. The van der Waals surface area contributed by atoms with E-state index in [0.717, 1.165) is 49.0 Å². The van der Waals surface area contributed by atoms with Gasteiger partial charge in [-0.1, -0.05) is 12.1 Å². The van der Waals surface area contributed by atoms with E-state index in [1.165, 1.54) is 0 Å². The van der Waals surface area contributed by atoms with E-state index >= 15 is 0 Å². The highest BCUT2D eigenvalue weighted by Crippen LogP contribution is 2.30. The van der Waals surface area contributed by atoms with E-state index < -0.39 is 0 Å². The molecule has 2 aromatic rings. The lowest BCUT2D eigenvalue weighted by atomic mass is 10.2. The quantitative estimate of drug-likeness (QED) is 0.565. The summed E-state index contributed by atoms with van der Waals surface area (Å²) in [6.45, 7) is 5.35. The first-order chi connectivity index (χ1) is 13.7. The van der Waals surface area contributed by atoms with Crippen molar-refractivity contribution in [3.63, 3.8) is 0 Å². The zero-order valence-corrected chi connectivity index (χ0v) is 16.8. The fourth-order valence-corrected chi connectivity index (χ4v) is 3.33. The molecule has 2 heterocycles. The highest BCUT2D eigenvalue weighted by molar-refractivity contribution is 5.80. The molecule has 150 valence electrons. The van der Waals surface area contributed by atoms with E-state index in [2.05, 4.69) is 33.5 Å². The smallest absolute Gasteiger partial charge is 0.213 e. The number of anilines is 1. The molecule has 7 heteroatoms. The fourth-order valence-electron chi connectivity index (χ4n) is 3.33. The number of nitrogens with one attached hydrogen (secondary N) is 2. The SMILES string of the molecule is CCNC(=NCc1ccnc(OC)c1)NC1CCN(c2ccccc2OC)C1. The van der Waals surface area contributed by atoms with Crippen molar-refractivity contribution in [3.8, 4) is 11.6 Å². The van der Waals surface area contributed by atoms with Gasteiger partial charge in [0.15, 0.2) is 5.96 Å². The van der Waals surface area contributed by atoms with Gasteiger partial charge in [-0.05, 0) is 37.1 Å². The van der Waals surface area contributed by atoms with Gasteiger partial charge in [0, 0.05) is 37.9 Å². The van der Waals surface area contributed by atoms with Crippen molar-refractivity contribution < 1.29 is 9.47 Å². The van der Waals surface area contributed by atoms with Crippen molar-refractivity contribution in [1.82, 2.24) is 15.6 Å². The molecule has 0 amide bonds. The molecule has 1 fully saturated rings. The molecule has 1 saturated heterocycles. The zero-order chi connectivity index (χ0) is 19.8. The second kappa shape index (κ2) is 9.82. The van der Waals surface area contributed by atoms with Gasteiger partial charge in [-0.25, -0.2) is 9.98 Å². The molecule has 1 aliphatic heterocycles. The van der Waals surface area contributed by atoms with Gasteiger partial charge in [-0.15, -0.1) is 0 Å². The number of ether oxygens (including phenoxy) is 2. The summed E-state index contributed by atoms with van der Waals surface area (Å²) in [7, 11) is 3.34. The number of aromatic nitrogens is 1. The summed E-state index contributed by atoms with van der Waals surface area (Å²) >= 11 is 0. The van der Waals surface area contributed by atoms with Crippen LogP contribution < -0.4 is 25.0 Å². The lowest BCUT2D eigenvalue weighted by Gasteiger charge is -2.22. The molecular formula is C21H29N5O2. The highest BCUT2D eigenvalue weighted by atomic mass is 16.5. The third-order valence-corrected chi connectivity index (χ3v) is 4.73. The first-order valence-corrected chi connectivity index (χ1v) is 9.65. The van der Waals surface area contributed by atoms with Crippen molar-refractivity contribution in [2.45, 2.75) is 25.9 Å². The van der Waals surface area contributed by atoms with Crippen LogP contribution in [0.2, 0.25) is 0 Å². The Hall–Kier alpha value is -2.96. The van der Waals surface area contributed by atoms with Gasteiger partial charge in [0.2, 0.25) is 5.88 Å². The average molecular weight is 383 g/mol. The van der Waals surface area contributed by atoms with Crippen LogP contribution in [0.25, 0.3) is 0 Å². The molecule has 1 aromatic heterocycles. The molecule has 1 atom stereocenters. The van der Waals surface area contributed by atoms with Crippen LogP contribution >= 0.6 is 0 Å². The number of methoxy groups -OCH3 is 2. The monoisotopic (exact) mass is 383 g/mol. The zero-order valence-electron chi connectivity index (χ0n) is 16.8. The van der Waals surface area contributed by atoms with Gasteiger partial charge in [0.1, 0.15) is 5.75 Å². The van der Waals surface area contributed by atoms with E-state index in [-0.39, 0.29) is 0 Å². The first-order valence-electron chi connectivity index (χ1n) is 9.65.